The standard InChI is InChI=1S/C17H24FNO3S/c1-12-3-6-15(7-4-12)19-17(20)11-23(21)10-13-9-14(18)5-8-16(13)22-2/h5,8-9,12,15H,3-4,6-7,10-11H2,1-2H3,(H,19,20)/t12?,15?,23-/m0/s1. The molecule has 1 aliphatic carbocycles. The van der Waals surface area contributed by atoms with Crippen molar-refractivity contribution in [2.24, 2.45) is 5.92 Å². The van der Waals surface area contributed by atoms with E-state index in [-0.39, 0.29) is 23.5 Å². The molecule has 0 radical (unpaired) electrons. The van der Waals surface area contributed by atoms with Gasteiger partial charge in [0.25, 0.3) is 0 Å². The first-order chi connectivity index (χ1) is 11.0. The van der Waals surface area contributed by atoms with Gasteiger partial charge in [-0.2, -0.15) is 0 Å². The summed E-state index contributed by atoms with van der Waals surface area (Å²) >= 11 is 0. The fourth-order valence-electron chi connectivity index (χ4n) is 2.90. The van der Waals surface area contributed by atoms with Crippen molar-refractivity contribution < 1.29 is 18.1 Å². The molecule has 0 spiro atoms. The van der Waals surface area contributed by atoms with Crippen LogP contribution in [0.3, 0.4) is 0 Å². The van der Waals surface area contributed by atoms with Gasteiger partial charge in [0, 0.05) is 22.4 Å². The first-order valence-electron chi connectivity index (χ1n) is 7.94. The van der Waals surface area contributed by atoms with Crippen LogP contribution in [-0.2, 0) is 21.3 Å². The average Bonchev–Trinajstić information content (AvgIpc) is 2.49. The van der Waals surface area contributed by atoms with Gasteiger partial charge in [0.15, 0.2) is 0 Å². The molecule has 0 aliphatic heterocycles. The highest BCUT2D eigenvalue weighted by Crippen LogP contribution is 2.23. The van der Waals surface area contributed by atoms with Gasteiger partial charge in [-0.05, 0) is 49.8 Å². The van der Waals surface area contributed by atoms with E-state index < -0.39 is 16.6 Å². The van der Waals surface area contributed by atoms with Gasteiger partial charge in [0.05, 0.1) is 12.9 Å². The number of rotatable bonds is 6. The van der Waals surface area contributed by atoms with E-state index in [2.05, 4.69) is 12.2 Å². The van der Waals surface area contributed by atoms with E-state index in [9.17, 15) is 13.4 Å². The molecule has 0 heterocycles. The van der Waals surface area contributed by atoms with Crippen LogP contribution >= 0.6 is 0 Å². The molecule has 1 atom stereocenters. The molecule has 0 unspecified atom stereocenters. The Balaban J connectivity index is 1.84. The molecule has 128 valence electrons. The average molecular weight is 341 g/mol. The number of benzene rings is 1. The normalized spacial score (nSPS) is 22.4. The van der Waals surface area contributed by atoms with Gasteiger partial charge in [-0.15, -0.1) is 0 Å². The number of ether oxygens (including phenoxy) is 1. The van der Waals surface area contributed by atoms with E-state index in [4.69, 9.17) is 4.74 Å². The Hall–Kier alpha value is -1.43. The summed E-state index contributed by atoms with van der Waals surface area (Å²) in [7, 11) is 0.0913. The number of hydrogen-bond donors (Lipinski definition) is 1. The second-order valence-corrected chi connectivity index (χ2v) is 7.67. The van der Waals surface area contributed by atoms with Crippen LogP contribution in [0, 0.1) is 11.7 Å². The SMILES string of the molecule is COc1ccc(F)cc1C[S@](=O)CC(=O)NC1CCC(C)CC1. The lowest BCUT2D eigenvalue weighted by Gasteiger charge is -2.26. The summed E-state index contributed by atoms with van der Waals surface area (Å²) in [6.45, 7) is 2.22. The molecule has 23 heavy (non-hydrogen) atoms. The van der Waals surface area contributed by atoms with Crippen LogP contribution in [0.25, 0.3) is 0 Å². The summed E-state index contributed by atoms with van der Waals surface area (Å²) in [5.41, 5.74) is 0.519. The Bertz CT molecular complexity index is 571. The molecule has 1 aliphatic rings. The second kappa shape index (κ2) is 8.43. The summed E-state index contributed by atoms with van der Waals surface area (Å²) in [5.74, 6) is 0.651. The number of carbonyl (C=O) groups is 1. The largest absolute Gasteiger partial charge is 0.496 e. The number of methoxy groups -OCH3 is 1. The van der Waals surface area contributed by atoms with Crippen LogP contribution in [0.5, 0.6) is 5.75 Å². The van der Waals surface area contributed by atoms with Crippen molar-refractivity contribution in [1.29, 1.82) is 0 Å². The first-order valence-corrected chi connectivity index (χ1v) is 9.43. The monoisotopic (exact) mass is 341 g/mol. The molecule has 1 amide bonds. The second-order valence-electron chi connectivity index (χ2n) is 6.21. The van der Waals surface area contributed by atoms with Gasteiger partial charge < -0.3 is 10.1 Å². The highest BCUT2D eigenvalue weighted by molar-refractivity contribution is 7.84. The molecular weight excluding hydrogens is 317 g/mol. The van der Waals surface area contributed by atoms with Gasteiger partial charge in [-0.25, -0.2) is 4.39 Å². The van der Waals surface area contributed by atoms with Crippen molar-refractivity contribution in [1.82, 2.24) is 5.32 Å². The predicted octanol–water partition coefficient (Wildman–Crippen LogP) is 2.78. The smallest absolute Gasteiger partial charge is 0.232 e. The fourth-order valence-corrected chi connectivity index (χ4v) is 3.95. The highest BCUT2D eigenvalue weighted by atomic mass is 32.2. The fraction of sp³-hybridized carbons (Fsp3) is 0.588. The van der Waals surface area contributed by atoms with Crippen LogP contribution in [0.4, 0.5) is 4.39 Å². The number of hydrogen-bond acceptors (Lipinski definition) is 3. The van der Waals surface area contributed by atoms with Crippen molar-refractivity contribution in [2.75, 3.05) is 12.9 Å². The van der Waals surface area contributed by atoms with Gasteiger partial charge in [0.2, 0.25) is 5.91 Å². The zero-order chi connectivity index (χ0) is 16.8. The maximum Gasteiger partial charge on any atom is 0.232 e. The predicted molar refractivity (Wildman–Crippen MR) is 89.2 cm³/mol. The maximum atomic E-state index is 13.3. The van der Waals surface area contributed by atoms with Gasteiger partial charge in [0.1, 0.15) is 17.3 Å². The summed E-state index contributed by atoms with van der Waals surface area (Å²) in [4.78, 5) is 12.0. The van der Waals surface area contributed by atoms with E-state index in [1.807, 2.05) is 0 Å². The third-order valence-electron chi connectivity index (χ3n) is 4.23. The third kappa shape index (κ3) is 5.61. The minimum Gasteiger partial charge on any atom is -0.496 e. The van der Waals surface area contributed by atoms with Gasteiger partial charge >= 0.3 is 0 Å². The molecule has 0 saturated heterocycles. The Labute approximate surface area is 139 Å². The van der Waals surface area contributed by atoms with Crippen LogP contribution in [0.2, 0.25) is 0 Å². The van der Waals surface area contributed by atoms with Gasteiger partial charge in [-0.1, -0.05) is 6.92 Å². The number of halogens is 1. The van der Waals surface area contributed by atoms with E-state index >= 15 is 0 Å². The molecule has 1 aromatic carbocycles. The molecule has 4 nitrogen and oxygen atoms in total. The van der Waals surface area contributed by atoms with E-state index in [1.165, 1.54) is 25.3 Å². The number of nitrogens with one attached hydrogen (secondary N) is 1. The molecule has 6 heteroatoms. The summed E-state index contributed by atoms with van der Waals surface area (Å²) in [6.07, 6.45) is 4.21. The molecule has 0 bridgehead atoms. The Morgan fingerprint density at radius 1 is 1.35 bits per heavy atom. The van der Waals surface area contributed by atoms with E-state index in [1.54, 1.807) is 0 Å². The molecule has 1 N–H and O–H groups in total. The number of carbonyl (C=O) groups excluding carboxylic acids is 1. The van der Waals surface area contributed by atoms with Crippen molar-refractivity contribution in [2.45, 2.75) is 44.4 Å². The summed E-state index contributed by atoms with van der Waals surface area (Å²) < 4.78 is 30.6. The summed E-state index contributed by atoms with van der Waals surface area (Å²) in [6, 6.07) is 4.30. The third-order valence-corrected chi connectivity index (χ3v) is 5.45. The highest BCUT2D eigenvalue weighted by Gasteiger charge is 2.20. The zero-order valence-electron chi connectivity index (χ0n) is 13.6. The van der Waals surface area contributed by atoms with Crippen molar-refractivity contribution in [3.63, 3.8) is 0 Å². The molecule has 1 fully saturated rings. The topological polar surface area (TPSA) is 55.4 Å². The van der Waals surface area contributed by atoms with Crippen LogP contribution in [0.1, 0.15) is 38.2 Å². The minimum absolute atomic E-state index is 0.0638. The molecular formula is C17H24FNO3S. The van der Waals surface area contributed by atoms with Crippen molar-refractivity contribution in [3.05, 3.63) is 29.6 Å². The zero-order valence-corrected chi connectivity index (χ0v) is 14.5. The van der Waals surface area contributed by atoms with E-state index in [0.29, 0.717) is 11.3 Å². The Kier molecular flexibility index (Phi) is 6.57. The lowest BCUT2D eigenvalue weighted by atomic mass is 9.87. The lowest BCUT2D eigenvalue weighted by Crippen LogP contribution is -2.39. The minimum atomic E-state index is -1.39. The lowest BCUT2D eigenvalue weighted by molar-refractivity contribution is -0.119. The Morgan fingerprint density at radius 2 is 2.04 bits per heavy atom. The van der Waals surface area contributed by atoms with Crippen LogP contribution in [0.15, 0.2) is 18.2 Å². The number of amides is 1. The quantitative estimate of drug-likeness (QED) is 0.866. The molecule has 0 aromatic heterocycles. The van der Waals surface area contributed by atoms with Crippen molar-refractivity contribution in [3.8, 4) is 5.75 Å². The summed E-state index contributed by atoms with van der Waals surface area (Å²) in [5, 5.41) is 2.96. The molecule has 1 saturated carbocycles. The first kappa shape index (κ1) is 17.9. The Morgan fingerprint density at radius 3 is 2.70 bits per heavy atom. The van der Waals surface area contributed by atoms with Gasteiger partial charge in [-0.3, -0.25) is 9.00 Å². The van der Waals surface area contributed by atoms with E-state index in [0.717, 1.165) is 31.6 Å². The maximum absolute atomic E-state index is 13.3. The van der Waals surface area contributed by atoms with Crippen LogP contribution < -0.4 is 10.1 Å². The van der Waals surface area contributed by atoms with Crippen molar-refractivity contribution >= 4 is 16.7 Å². The molecule has 1 aromatic rings. The molecule has 2 rings (SSSR count). The van der Waals surface area contributed by atoms with Crippen LogP contribution in [-0.4, -0.2) is 29.0 Å².